The van der Waals surface area contributed by atoms with Gasteiger partial charge in [0.15, 0.2) is 5.03 Å². The minimum atomic E-state index is -4.11. The molecule has 1 aromatic carbocycles. The van der Waals surface area contributed by atoms with Gasteiger partial charge in [0.25, 0.3) is 21.9 Å². The van der Waals surface area contributed by atoms with Crippen LogP contribution in [0.25, 0.3) is 10.9 Å². The molecule has 0 aliphatic carbocycles. The highest BCUT2D eigenvalue weighted by molar-refractivity contribution is 7.89. The molecule has 33 heavy (non-hydrogen) atoms. The van der Waals surface area contributed by atoms with Crippen LogP contribution < -0.4 is 21.1 Å². The molecule has 1 amide bonds. The lowest BCUT2D eigenvalue weighted by molar-refractivity contribution is -0.0394. The van der Waals surface area contributed by atoms with Crippen LogP contribution >= 0.6 is 0 Å². The van der Waals surface area contributed by atoms with E-state index in [9.17, 15) is 26.4 Å². The van der Waals surface area contributed by atoms with E-state index < -0.39 is 45.2 Å². The first-order chi connectivity index (χ1) is 15.4. The summed E-state index contributed by atoms with van der Waals surface area (Å²) < 4.78 is 64.6. The first kappa shape index (κ1) is 22.9. The number of hydrogen-bond acceptors (Lipinski definition) is 7. The number of carbonyl (C=O) groups is 1. The fourth-order valence-corrected chi connectivity index (χ4v) is 4.01. The Balaban J connectivity index is 1.75. The molecule has 1 aliphatic rings. The van der Waals surface area contributed by atoms with Crippen molar-refractivity contribution in [3.63, 3.8) is 0 Å². The monoisotopic (exact) mass is 480 g/mol. The highest BCUT2D eigenvalue weighted by Gasteiger charge is 2.42. The molecule has 13 heteroatoms. The number of alkyl halides is 2. The van der Waals surface area contributed by atoms with Gasteiger partial charge in [-0.25, -0.2) is 36.7 Å². The normalized spacial score (nSPS) is 18.3. The molecule has 4 rings (SSSR count). The first-order valence-electron chi connectivity index (χ1n) is 9.73. The van der Waals surface area contributed by atoms with Crippen molar-refractivity contribution in [2.24, 2.45) is 10.9 Å². The average molecular weight is 480 g/mol. The van der Waals surface area contributed by atoms with Crippen molar-refractivity contribution >= 4 is 38.3 Å². The summed E-state index contributed by atoms with van der Waals surface area (Å²) in [4.78, 5) is 22.7. The van der Waals surface area contributed by atoms with E-state index in [1.807, 2.05) is 0 Å². The smallest absolute Gasteiger partial charge is 0.266 e. The van der Waals surface area contributed by atoms with Gasteiger partial charge in [0, 0.05) is 42.8 Å². The number of nitrogens with two attached hydrogens (primary N) is 2. The summed E-state index contributed by atoms with van der Waals surface area (Å²) in [5.74, 6) is -4.23. The van der Waals surface area contributed by atoms with Crippen LogP contribution in [-0.2, 0) is 10.0 Å². The molecule has 5 N–H and O–H groups in total. The van der Waals surface area contributed by atoms with Crippen LogP contribution in [0.4, 0.5) is 24.7 Å². The number of carbonyl (C=O) groups excluding carboxylic acids is 1. The molecular formula is C20H19F3N6O3S. The van der Waals surface area contributed by atoms with Gasteiger partial charge in [-0.3, -0.25) is 4.79 Å². The minimum Gasteiger partial charge on any atom is -0.354 e. The van der Waals surface area contributed by atoms with Crippen LogP contribution in [0.3, 0.4) is 0 Å². The van der Waals surface area contributed by atoms with E-state index in [0.29, 0.717) is 10.9 Å². The molecule has 174 valence electrons. The largest absolute Gasteiger partial charge is 0.354 e. The van der Waals surface area contributed by atoms with E-state index >= 15 is 0 Å². The quantitative estimate of drug-likeness (QED) is 0.517. The highest BCUT2D eigenvalue weighted by Crippen LogP contribution is 2.32. The van der Waals surface area contributed by atoms with E-state index in [-0.39, 0.29) is 30.2 Å². The number of piperidine rings is 1. The number of sulfonamides is 1. The van der Waals surface area contributed by atoms with Crippen molar-refractivity contribution in [3.8, 4) is 0 Å². The number of halogens is 3. The Morgan fingerprint density at radius 1 is 1.21 bits per heavy atom. The molecule has 9 nitrogen and oxygen atoms in total. The van der Waals surface area contributed by atoms with Crippen molar-refractivity contribution < 1.29 is 26.4 Å². The Labute approximate surface area is 186 Å². The zero-order chi connectivity index (χ0) is 24.0. The maximum atomic E-state index is 13.9. The van der Waals surface area contributed by atoms with Crippen LogP contribution in [0.15, 0.2) is 47.6 Å². The number of pyridine rings is 2. The predicted molar refractivity (Wildman–Crippen MR) is 115 cm³/mol. The van der Waals surface area contributed by atoms with E-state index in [4.69, 9.17) is 10.9 Å². The Hall–Kier alpha value is -3.29. The molecule has 0 radical (unpaired) electrons. The van der Waals surface area contributed by atoms with Gasteiger partial charge in [0.2, 0.25) is 0 Å². The van der Waals surface area contributed by atoms with Crippen LogP contribution in [0.1, 0.15) is 16.8 Å². The van der Waals surface area contributed by atoms with E-state index in [2.05, 4.69) is 15.3 Å². The second-order valence-corrected chi connectivity index (χ2v) is 9.15. The van der Waals surface area contributed by atoms with Crippen LogP contribution in [0.5, 0.6) is 0 Å². The summed E-state index contributed by atoms with van der Waals surface area (Å²) in [5.41, 5.74) is 6.04. The molecule has 3 aromatic rings. The lowest BCUT2D eigenvalue weighted by Crippen LogP contribution is -2.55. The summed E-state index contributed by atoms with van der Waals surface area (Å²) in [6.45, 7) is -0.358. The van der Waals surface area contributed by atoms with E-state index in [1.54, 1.807) is 0 Å². The number of hydrogen-bond donors (Lipinski definition) is 3. The molecule has 0 unspecified atom stereocenters. The third-order valence-electron chi connectivity index (χ3n) is 5.26. The van der Waals surface area contributed by atoms with Crippen molar-refractivity contribution in [1.82, 2.24) is 9.97 Å². The highest BCUT2D eigenvalue weighted by atomic mass is 32.2. The van der Waals surface area contributed by atoms with Crippen molar-refractivity contribution in [1.29, 1.82) is 0 Å². The second kappa shape index (κ2) is 8.24. The van der Waals surface area contributed by atoms with Gasteiger partial charge in [-0.15, -0.1) is 0 Å². The molecule has 2 aromatic heterocycles. The lowest BCUT2D eigenvalue weighted by Gasteiger charge is -2.37. The fraction of sp³-hybridized carbons (Fsp3) is 0.250. The maximum absolute atomic E-state index is 13.9. The standard InChI is InChI=1S/C20H19F3N6O3S/c21-12-1-2-15-11(7-12)8-14(18(28-15)29-6-4-20(22,23)16(24)10-29)19(30)27-13-3-5-26-17(9-13)33(25,31)32/h1-3,5,7-9,16H,4,6,10,24H2,(H2,25,31,32)(H,26,27,30)/t16-/m1/s1. The summed E-state index contributed by atoms with van der Waals surface area (Å²) >= 11 is 0. The summed E-state index contributed by atoms with van der Waals surface area (Å²) in [6, 6.07) is 6.12. The SMILES string of the molecule is N[C@@H]1CN(c2nc3ccc(F)cc3cc2C(=O)Nc2ccnc(S(N)(=O)=O)c2)CCC1(F)F. The number of benzene rings is 1. The summed E-state index contributed by atoms with van der Waals surface area (Å²) in [5, 5.41) is 7.45. The second-order valence-electron chi connectivity index (χ2n) is 7.64. The fourth-order valence-electron chi connectivity index (χ4n) is 3.51. The predicted octanol–water partition coefficient (Wildman–Crippen LogP) is 1.84. The Bertz CT molecular complexity index is 1350. The summed E-state index contributed by atoms with van der Waals surface area (Å²) in [6.07, 6.45) is 0.621. The topological polar surface area (TPSA) is 144 Å². The molecule has 0 spiro atoms. The Morgan fingerprint density at radius 3 is 2.67 bits per heavy atom. The Morgan fingerprint density at radius 2 is 1.97 bits per heavy atom. The molecular weight excluding hydrogens is 461 g/mol. The number of nitrogens with one attached hydrogen (secondary N) is 1. The molecule has 0 bridgehead atoms. The number of anilines is 2. The van der Waals surface area contributed by atoms with Gasteiger partial charge in [0.05, 0.1) is 17.1 Å². The molecule has 1 atom stereocenters. The van der Waals surface area contributed by atoms with Gasteiger partial charge in [-0.1, -0.05) is 0 Å². The van der Waals surface area contributed by atoms with Crippen LogP contribution in [0.2, 0.25) is 0 Å². The third-order valence-corrected chi connectivity index (χ3v) is 6.07. The van der Waals surface area contributed by atoms with Crippen molar-refractivity contribution in [3.05, 3.63) is 54.0 Å². The number of aromatic nitrogens is 2. The summed E-state index contributed by atoms with van der Waals surface area (Å²) in [7, 11) is -4.11. The Kier molecular flexibility index (Phi) is 5.72. The number of primary sulfonamides is 1. The number of rotatable bonds is 4. The van der Waals surface area contributed by atoms with Crippen molar-refractivity contribution in [2.45, 2.75) is 23.4 Å². The number of fused-ring (bicyclic) bond motifs is 1. The van der Waals surface area contributed by atoms with E-state index in [0.717, 1.165) is 12.3 Å². The maximum Gasteiger partial charge on any atom is 0.266 e. The van der Waals surface area contributed by atoms with Gasteiger partial charge < -0.3 is 16.0 Å². The van der Waals surface area contributed by atoms with E-state index in [1.165, 1.54) is 35.2 Å². The van der Waals surface area contributed by atoms with Crippen molar-refractivity contribution in [2.75, 3.05) is 23.3 Å². The third kappa shape index (κ3) is 4.74. The van der Waals surface area contributed by atoms with Gasteiger partial charge in [0.1, 0.15) is 11.6 Å². The van der Waals surface area contributed by atoms with Crippen LogP contribution in [-0.4, -0.2) is 49.3 Å². The number of amides is 1. The van der Waals surface area contributed by atoms with Gasteiger partial charge >= 0.3 is 0 Å². The zero-order valence-corrected chi connectivity index (χ0v) is 17.8. The molecule has 1 fully saturated rings. The molecule has 1 saturated heterocycles. The minimum absolute atomic E-state index is 0.0283. The molecule has 3 heterocycles. The lowest BCUT2D eigenvalue weighted by atomic mass is 10.0. The van der Waals surface area contributed by atoms with Gasteiger partial charge in [-0.05, 0) is 30.3 Å². The molecule has 0 saturated carbocycles. The average Bonchev–Trinajstić information content (AvgIpc) is 2.74. The van der Waals surface area contributed by atoms with Gasteiger partial charge in [-0.2, -0.15) is 0 Å². The molecule has 1 aliphatic heterocycles. The van der Waals surface area contributed by atoms with Crippen LogP contribution in [0, 0.1) is 5.82 Å². The number of nitrogens with zero attached hydrogens (tertiary/aromatic N) is 3. The zero-order valence-electron chi connectivity index (χ0n) is 17.0. The first-order valence-corrected chi connectivity index (χ1v) is 11.3.